The van der Waals surface area contributed by atoms with Crippen LogP contribution in [0.1, 0.15) is 5.56 Å². The SMILES string of the molecule is O=C(COc1ccc2c(=O)c(-c3ccccc3)coc2c1)NCc1ccc(F)cc1. The molecule has 0 unspecified atom stereocenters. The van der Waals surface area contributed by atoms with Crippen molar-refractivity contribution in [2.45, 2.75) is 6.54 Å². The minimum Gasteiger partial charge on any atom is -0.484 e. The first kappa shape index (κ1) is 19.4. The molecule has 150 valence electrons. The van der Waals surface area contributed by atoms with Gasteiger partial charge in [0.1, 0.15) is 23.4 Å². The van der Waals surface area contributed by atoms with Crippen LogP contribution >= 0.6 is 0 Å². The monoisotopic (exact) mass is 403 g/mol. The third kappa shape index (κ3) is 4.38. The normalized spacial score (nSPS) is 10.7. The fourth-order valence-corrected chi connectivity index (χ4v) is 3.02. The number of hydrogen-bond donors (Lipinski definition) is 1. The molecule has 0 aliphatic heterocycles. The number of carbonyl (C=O) groups is 1. The van der Waals surface area contributed by atoms with Crippen molar-refractivity contribution in [1.82, 2.24) is 5.32 Å². The van der Waals surface area contributed by atoms with E-state index in [1.54, 1.807) is 30.3 Å². The van der Waals surface area contributed by atoms with Crippen LogP contribution in [-0.4, -0.2) is 12.5 Å². The molecule has 0 aliphatic rings. The van der Waals surface area contributed by atoms with E-state index in [1.807, 2.05) is 30.3 Å². The Morgan fingerprint density at radius 3 is 2.53 bits per heavy atom. The second-order valence-electron chi connectivity index (χ2n) is 6.69. The van der Waals surface area contributed by atoms with Gasteiger partial charge in [-0.25, -0.2) is 4.39 Å². The zero-order chi connectivity index (χ0) is 20.9. The number of ether oxygens (including phenoxy) is 1. The maximum Gasteiger partial charge on any atom is 0.258 e. The highest BCUT2D eigenvalue weighted by molar-refractivity contribution is 5.83. The first-order valence-electron chi connectivity index (χ1n) is 9.35. The summed E-state index contributed by atoms with van der Waals surface area (Å²) in [5, 5.41) is 3.14. The van der Waals surface area contributed by atoms with Crippen LogP contribution in [0.2, 0.25) is 0 Å². The van der Waals surface area contributed by atoms with Crippen LogP contribution in [-0.2, 0) is 11.3 Å². The topological polar surface area (TPSA) is 68.5 Å². The zero-order valence-electron chi connectivity index (χ0n) is 15.9. The number of nitrogens with one attached hydrogen (secondary N) is 1. The molecule has 0 radical (unpaired) electrons. The van der Waals surface area contributed by atoms with E-state index in [0.29, 0.717) is 22.3 Å². The van der Waals surface area contributed by atoms with E-state index in [1.165, 1.54) is 18.4 Å². The quantitative estimate of drug-likeness (QED) is 0.521. The average Bonchev–Trinajstić information content (AvgIpc) is 2.78. The number of rotatable bonds is 6. The van der Waals surface area contributed by atoms with Crippen LogP contribution in [0.4, 0.5) is 4.39 Å². The van der Waals surface area contributed by atoms with Crippen LogP contribution in [0.5, 0.6) is 5.75 Å². The van der Waals surface area contributed by atoms with Gasteiger partial charge >= 0.3 is 0 Å². The molecule has 4 aromatic rings. The van der Waals surface area contributed by atoms with Crippen molar-refractivity contribution in [2.24, 2.45) is 0 Å². The highest BCUT2D eigenvalue weighted by Gasteiger charge is 2.10. The number of hydrogen-bond acceptors (Lipinski definition) is 4. The molecular formula is C24H18FNO4. The van der Waals surface area contributed by atoms with Crippen LogP contribution in [0, 0.1) is 5.82 Å². The van der Waals surface area contributed by atoms with Gasteiger partial charge < -0.3 is 14.5 Å². The Hall–Kier alpha value is -3.93. The van der Waals surface area contributed by atoms with Gasteiger partial charge in [0.25, 0.3) is 5.91 Å². The van der Waals surface area contributed by atoms with Crippen LogP contribution in [0.25, 0.3) is 22.1 Å². The highest BCUT2D eigenvalue weighted by atomic mass is 19.1. The summed E-state index contributed by atoms with van der Waals surface area (Å²) in [5.74, 6) is -0.234. The van der Waals surface area contributed by atoms with E-state index in [9.17, 15) is 14.0 Å². The average molecular weight is 403 g/mol. The number of benzene rings is 3. The minimum atomic E-state index is -0.327. The maximum atomic E-state index is 12.9. The predicted octanol–water partition coefficient (Wildman–Crippen LogP) is 4.29. The van der Waals surface area contributed by atoms with Gasteiger partial charge in [-0.3, -0.25) is 9.59 Å². The Balaban J connectivity index is 1.42. The predicted molar refractivity (Wildman–Crippen MR) is 112 cm³/mol. The first-order chi connectivity index (χ1) is 14.6. The molecule has 4 rings (SSSR count). The lowest BCUT2D eigenvalue weighted by molar-refractivity contribution is -0.123. The van der Waals surface area contributed by atoms with E-state index in [2.05, 4.69) is 5.32 Å². The third-order valence-corrected chi connectivity index (χ3v) is 4.60. The third-order valence-electron chi connectivity index (χ3n) is 4.60. The van der Waals surface area contributed by atoms with Gasteiger partial charge in [0, 0.05) is 12.6 Å². The number of amides is 1. The summed E-state index contributed by atoms with van der Waals surface area (Å²) in [6.45, 7) is 0.0797. The lowest BCUT2D eigenvalue weighted by Crippen LogP contribution is -2.28. The van der Waals surface area contributed by atoms with E-state index in [4.69, 9.17) is 9.15 Å². The second-order valence-corrected chi connectivity index (χ2v) is 6.69. The summed E-state index contributed by atoms with van der Waals surface area (Å²) < 4.78 is 24.0. The zero-order valence-corrected chi connectivity index (χ0v) is 15.9. The minimum absolute atomic E-state index is 0.133. The molecule has 3 aromatic carbocycles. The summed E-state index contributed by atoms with van der Waals surface area (Å²) in [6.07, 6.45) is 1.43. The summed E-state index contributed by atoms with van der Waals surface area (Å²) in [6, 6.07) is 20.0. The lowest BCUT2D eigenvalue weighted by Gasteiger charge is -2.09. The number of halogens is 1. The summed E-state index contributed by atoms with van der Waals surface area (Å²) in [4.78, 5) is 24.8. The Bertz CT molecular complexity index is 1230. The van der Waals surface area contributed by atoms with Crippen molar-refractivity contribution >= 4 is 16.9 Å². The van der Waals surface area contributed by atoms with E-state index >= 15 is 0 Å². The molecule has 5 nitrogen and oxygen atoms in total. The Kier molecular flexibility index (Phi) is 5.57. The van der Waals surface area contributed by atoms with Crippen LogP contribution < -0.4 is 15.5 Å². The first-order valence-corrected chi connectivity index (χ1v) is 9.35. The van der Waals surface area contributed by atoms with Crippen molar-refractivity contribution < 1.29 is 18.3 Å². The second kappa shape index (κ2) is 8.61. The molecule has 0 bridgehead atoms. The van der Waals surface area contributed by atoms with Gasteiger partial charge in [0.05, 0.1) is 10.9 Å². The van der Waals surface area contributed by atoms with Crippen LogP contribution in [0.15, 0.2) is 88.3 Å². The van der Waals surface area contributed by atoms with Gasteiger partial charge in [-0.2, -0.15) is 0 Å². The number of carbonyl (C=O) groups excluding carboxylic acids is 1. The smallest absolute Gasteiger partial charge is 0.258 e. The Morgan fingerprint density at radius 1 is 1.00 bits per heavy atom. The fraction of sp³-hybridized carbons (Fsp3) is 0.0833. The van der Waals surface area contributed by atoms with Gasteiger partial charge in [-0.1, -0.05) is 42.5 Å². The van der Waals surface area contributed by atoms with Crippen molar-refractivity contribution in [3.8, 4) is 16.9 Å². The molecule has 1 N–H and O–H groups in total. The van der Waals surface area contributed by atoms with E-state index in [-0.39, 0.29) is 30.3 Å². The van der Waals surface area contributed by atoms with Crippen molar-refractivity contribution in [3.63, 3.8) is 0 Å². The van der Waals surface area contributed by atoms with Gasteiger partial charge in [-0.05, 0) is 35.4 Å². The molecule has 0 saturated heterocycles. The molecule has 0 spiro atoms. The molecular weight excluding hydrogens is 385 g/mol. The van der Waals surface area contributed by atoms with E-state index < -0.39 is 0 Å². The Morgan fingerprint density at radius 2 is 1.77 bits per heavy atom. The fourth-order valence-electron chi connectivity index (χ4n) is 3.02. The molecule has 30 heavy (non-hydrogen) atoms. The standard InChI is InChI=1S/C24H18FNO4/c25-18-8-6-16(7-9-18)13-26-23(27)15-29-19-10-11-20-22(12-19)30-14-21(24(20)28)17-4-2-1-3-5-17/h1-12,14H,13,15H2,(H,26,27). The Labute approximate surface area is 171 Å². The molecule has 0 fully saturated rings. The summed E-state index contributed by atoms with van der Waals surface area (Å²) in [7, 11) is 0. The summed E-state index contributed by atoms with van der Waals surface area (Å²) >= 11 is 0. The highest BCUT2D eigenvalue weighted by Crippen LogP contribution is 2.23. The number of fused-ring (bicyclic) bond motifs is 1. The largest absolute Gasteiger partial charge is 0.484 e. The molecule has 0 atom stereocenters. The molecule has 1 heterocycles. The van der Waals surface area contributed by atoms with Crippen molar-refractivity contribution in [2.75, 3.05) is 6.61 Å². The molecule has 1 aromatic heterocycles. The van der Waals surface area contributed by atoms with Gasteiger partial charge in [0.15, 0.2) is 12.0 Å². The van der Waals surface area contributed by atoms with Crippen LogP contribution in [0.3, 0.4) is 0 Å². The van der Waals surface area contributed by atoms with Gasteiger partial charge in [-0.15, -0.1) is 0 Å². The molecule has 1 amide bonds. The van der Waals surface area contributed by atoms with E-state index in [0.717, 1.165) is 11.1 Å². The van der Waals surface area contributed by atoms with Gasteiger partial charge in [0.2, 0.25) is 0 Å². The molecule has 0 aliphatic carbocycles. The van der Waals surface area contributed by atoms with Crippen molar-refractivity contribution in [1.29, 1.82) is 0 Å². The summed E-state index contributed by atoms with van der Waals surface area (Å²) in [5.41, 5.74) is 2.30. The maximum absolute atomic E-state index is 12.9. The molecule has 0 saturated carbocycles. The lowest BCUT2D eigenvalue weighted by atomic mass is 10.1. The molecule has 6 heteroatoms. The van der Waals surface area contributed by atoms with Crippen molar-refractivity contribution in [3.05, 3.63) is 101 Å².